The van der Waals surface area contributed by atoms with Gasteiger partial charge in [0.2, 0.25) is 0 Å². The summed E-state index contributed by atoms with van der Waals surface area (Å²) < 4.78 is 37.2. The molecule has 1 aromatic rings. The van der Waals surface area contributed by atoms with Crippen molar-refractivity contribution in [2.75, 3.05) is 38.2 Å². The van der Waals surface area contributed by atoms with Gasteiger partial charge in [-0.1, -0.05) is 0 Å². The standard InChI is InChI=1S/C10H11F3N2.C7H15NO3/c11-10(12,13)8-5-9(7-14-6-8)15-3-1-2-4-15;1-8-3-7(11)6(10)2-5(8)4-9/h5-7H,1-4H2;5-7,9-11H,2-4H2,1H3/t;5-,6?,7+/m.1/s1. The smallest absolute Gasteiger partial charge is 0.395 e. The zero-order chi connectivity index (χ0) is 19.3. The summed E-state index contributed by atoms with van der Waals surface area (Å²) in [6, 6.07) is 1.16. The van der Waals surface area contributed by atoms with Crippen molar-refractivity contribution in [3.63, 3.8) is 0 Å². The third kappa shape index (κ3) is 5.54. The molecular weight excluding hydrogens is 351 g/mol. The Balaban J connectivity index is 0.000000197. The molecule has 148 valence electrons. The Hall–Kier alpha value is -1.42. The number of anilines is 1. The number of hydrogen-bond acceptors (Lipinski definition) is 6. The van der Waals surface area contributed by atoms with E-state index in [1.165, 1.54) is 6.20 Å². The normalized spacial score (nSPS) is 27.2. The second kappa shape index (κ2) is 8.98. The van der Waals surface area contributed by atoms with E-state index in [0.29, 0.717) is 18.7 Å². The first kappa shape index (κ1) is 20.9. The molecule has 0 aromatic carbocycles. The van der Waals surface area contributed by atoms with Gasteiger partial charge in [0.05, 0.1) is 36.3 Å². The van der Waals surface area contributed by atoms with Crippen LogP contribution in [0.15, 0.2) is 18.5 Å². The van der Waals surface area contributed by atoms with Crippen molar-refractivity contribution in [1.82, 2.24) is 9.88 Å². The summed E-state index contributed by atoms with van der Waals surface area (Å²) in [6.45, 7) is 2.12. The summed E-state index contributed by atoms with van der Waals surface area (Å²) >= 11 is 0. The van der Waals surface area contributed by atoms with Gasteiger partial charge in [-0.15, -0.1) is 0 Å². The summed E-state index contributed by atoms with van der Waals surface area (Å²) in [6.07, 6.45) is -0.769. The summed E-state index contributed by atoms with van der Waals surface area (Å²) in [5.74, 6) is 0. The molecule has 2 aliphatic rings. The highest BCUT2D eigenvalue weighted by atomic mass is 19.4. The number of aliphatic hydroxyl groups is 3. The van der Waals surface area contributed by atoms with Gasteiger partial charge in [-0.25, -0.2) is 0 Å². The fraction of sp³-hybridized carbons (Fsp3) is 0.706. The van der Waals surface area contributed by atoms with Crippen LogP contribution < -0.4 is 4.90 Å². The van der Waals surface area contributed by atoms with Crippen LogP contribution >= 0.6 is 0 Å². The third-order valence-electron chi connectivity index (χ3n) is 4.79. The van der Waals surface area contributed by atoms with Crippen LogP contribution in [0.1, 0.15) is 24.8 Å². The van der Waals surface area contributed by atoms with Crippen LogP contribution in [0.2, 0.25) is 0 Å². The van der Waals surface area contributed by atoms with Crippen molar-refractivity contribution in [2.24, 2.45) is 0 Å². The maximum absolute atomic E-state index is 12.4. The van der Waals surface area contributed by atoms with Gasteiger partial charge in [-0.05, 0) is 32.4 Å². The SMILES string of the molecule is CN1C[C@H](O)C(O)C[C@@H]1CO.FC(F)(F)c1cncc(N2CCCC2)c1. The van der Waals surface area contributed by atoms with Crippen molar-refractivity contribution >= 4 is 5.69 Å². The third-order valence-corrected chi connectivity index (χ3v) is 4.79. The molecule has 26 heavy (non-hydrogen) atoms. The number of halogens is 3. The molecule has 3 rings (SSSR count). The average molecular weight is 377 g/mol. The molecule has 1 unspecified atom stereocenters. The lowest BCUT2D eigenvalue weighted by Gasteiger charge is -2.37. The first-order valence-electron chi connectivity index (χ1n) is 8.66. The number of rotatable bonds is 2. The fourth-order valence-electron chi connectivity index (χ4n) is 3.13. The maximum atomic E-state index is 12.4. The van der Waals surface area contributed by atoms with Crippen molar-refractivity contribution in [2.45, 2.75) is 43.7 Å². The Labute approximate surface area is 150 Å². The molecule has 3 N–H and O–H groups in total. The monoisotopic (exact) mass is 377 g/mol. The Bertz CT molecular complexity index is 568. The molecule has 0 aliphatic carbocycles. The number of pyridine rings is 1. The predicted octanol–water partition coefficient (Wildman–Crippen LogP) is 1.11. The van der Waals surface area contributed by atoms with Crippen LogP contribution in [0.4, 0.5) is 18.9 Å². The quantitative estimate of drug-likeness (QED) is 0.717. The highest BCUT2D eigenvalue weighted by Crippen LogP contribution is 2.31. The molecule has 2 saturated heterocycles. The molecule has 1 aromatic heterocycles. The topological polar surface area (TPSA) is 80.1 Å². The number of piperidine rings is 1. The molecule has 6 nitrogen and oxygen atoms in total. The van der Waals surface area contributed by atoms with Crippen LogP contribution in [0, 0.1) is 0 Å². The molecule has 2 aliphatic heterocycles. The Kier molecular flexibility index (Phi) is 7.22. The van der Waals surface area contributed by atoms with Gasteiger partial charge in [-0.2, -0.15) is 13.2 Å². The van der Waals surface area contributed by atoms with E-state index < -0.39 is 23.9 Å². The first-order chi connectivity index (χ1) is 12.2. The minimum Gasteiger partial charge on any atom is -0.395 e. The number of β-amino-alcohol motifs (C(OH)–C–C–N with tert-alkyl or cyclic N) is 1. The van der Waals surface area contributed by atoms with Crippen LogP contribution in [0.5, 0.6) is 0 Å². The highest BCUT2D eigenvalue weighted by Gasteiger charge is 2.32. The van der Waals surface area contributed by atoms with Gasteiger partial charge in [0.25, 0.3) is 0 Å². The molecule has 0 radical (unpaired) electrons. The minimum absolute atomic E-state index is 0.00611. The van der Waals surface area contributed by atoms with Gasteiger partial charge in [-0.3, -0.25) is 9.88 Å². The number of aliphatic hydroxyl groups excluding tert-OH is 3. The summed E-state index contributed by atoms with van der Waals surface area (Å²) in [7, 11) is 1.83. The van der Waals surface area contributed by atoms with E-state index in [1.54, 1.807) is 0 Å². The van der Waals surface area contributed by atoms with Crippen molar-refractivity contribution in [1.29, 1.82) is 0 Å². The first-order valence-corrected chi connectivity index (χ1v) is 8.66. The van der Waals surface area contributed by atoms with Crippen LogP contribution in [0.25, 0.3) is 0 Å². The summed E-state index contributed by atoms with van der Waals surface area (Å²) in [4.78, 5) is 7.43. The fourth-order valence-corrected chi connectivity index (χ4v) is 3.13. The summed E-state index contributed by atoms with van der Waals surface area (Å²) in [5, 5.41) is 27.2. The molecule has 3 heterocycles. The number of nitrogens with zero attached hydrogens (tertiary/aromatic N) is 3. The number of likely N-dealkylation sites (tertiary alicyclic amines) is 1. The van der Waals surface area contributed by atoms with Crippen LogP contribution in [-0.4, -0.2) is 76.7 Å². The van der Waals surface area contributed by atoms with Gasteiger partial charge in [0.1, 0.15) is 0 Å². The zero-order valence-corrected chi connectivity index (χ0v) is 14.7. The van der Waals surface area contributed by atoms with Gasteiger partial charge in [0, 0.05) is 31.9 Å². The number of hydrogen-bond donors (Lipinski definition) is 3. The van der Waals surface area contributed by atoms with E-state index in [-0.39, 0.29) is 12.6 Å². The van der Waals surface area contributed by atoms with E-state index in [9.17, 15) is 23.4 Å². The lowest BCUT2D eigenvalue weighted by atomic mass is 9.98. The minimum atomic E-state index is -4.30. The van der Waals surface area contributed by atoms with Crippen molar-refractivity contribution in [3.05, 3.63) is 24.0 Å². The van der Waals surface area contributed by atoms with Gasteiger partial charge in [0.15, 0.2) is 0 Å². The number of alkyl halides is 3. The zero-order valence-electron chi connectivity index (χ0n) is 14.7. The van der Waals surface area contributed by atoms with E-state index >= 15 is 0 Å². The van der Waals surface area contributed by atoms with Crippen LogP contribution in [0.3, 0.4) is 0 Å². The predicted molar refractivity (Wildman–Crippen MR) is 90.8 cm³/mol. The molecule has 9 heteroatoms. The number of aromatic nitrogens is 1. The molecule has 0 spiro atoms. The van der Waals surface area contributed by atoms with E-state index in [1.807, 2.05) is 16.8 Å². The lowest BCUT2D eigenvalue weighted by molar-refractivity contribution is -0.137. The largest absolute Gasteiger partial charge is 0.417 e. The average Bonchev–Trinajstić information content (AvgIpc) is 3.13. The summed E-state index contributed by atoms with van der Waals surface area (Å²) in [5.41, 5.74) is -0.103. The van der Waals surface area contributed by atoms with E-state index in [2.05, 4.69) is 4.98 Å². The highest BCUT2D eigenvalue weighted by molar-refractivity contribution is 5.47. The molecule has 0 amide bonds. The number of likely N-dealkylation sites (N-methyl/N-ethyl adjacent to an activating group) is 1. The molecule has 0 saturated carbocycles. The Morgan fingerprint density at radius 1 is 1.15 bits per heavy atom. The molecule has 0 bridgehead atoms. The molecule has 2 fully saturated rings. The maximum Gasteiger partial charge on any atom is 0.417 e. The molecular formula is C17H26F3N3O3. The van der Waals surface area contributed by atoms with Gasteiger partial charge >= 0.3 is 6.18 Å². The van der Waals surface area contributed by atoms with Crippen molar-refractivity contribution < 1.29 is 28.5 Å². The molecule has 3 atom stereocenters. The van der Waals surface area contributed by atoms with Crippen LogP contribution in [-0.2, 0) is 6.18 Å². The van der Waals surface area contributed by atoms with Gasteiger partial charge < -0.3 is 20.2 Å². The lowest BCUT2D eigenvalue weighted by Crippen LogP contribution is -2.51. The second-order valence-electron chi connectivity index (χ2n) is 6.77. The Morgan fingerprint density at radius 3 is 2.38 bits per heavy atom. The van der Waals surface area contributed by atoms with E-state index in [0.717, 1.165) is 38.2 Å². The Morgan fingerprint density at radius 2 is 1.81 bits per heavy atom. The van der Waals surface area contributed by atoms with Crippen molar-refractivity contribution in [3.8, 4) is 0 Å². The van der Waals surface area contributed by atoms with E-state index in [4.69, 9.17) is 5.11 Å². The second-order valence-corrected chi connectivity index (χ2v) is 6.77.